The van der Waals surface area contributed by atoms with Gasteiger partial charge in [0.1, 0.15) is 0 Å². The topological polar surface area (TPSA) is 66.8 Å². The summed E-state index contributed by atoms with van der Waals surface area (Å²) < 4.78 is 4.46. The molecular formula is C15H21NO4. The largest absolute Gasteiger partial charge is 0.467 e. The Morgan fingerprint density at radius 3 is 2.40 bits per heavy atom. The lowest BCUT2D eigenvalue weighted by atomic mass is 9.95. The van der Waals surface area contributed by atoms with Crippen LogP contribution in [0.15, 0.2) is 30.3 Å². The van der Waals surface area contributed by atoms with Crippen molar-refractivity contribution in [1.82, 2.24) is 4.90 Å². The molecule has 2 atom stereocenters. The number of methoxy groups -OCH3 is 1. The lowest BCUT2D eigenvalue weighted by Gasteiger charge is -2.29. The standard InChI is InChI=1S/C15H21NO4/c1-11(13(17)15(2,19)14(18)20-4)16(3)10-12-8-6-5-7-9-12/h5-9,11,19H,10H2,1-4H3/t11-,15-/m0/s1. The van der Waals surface area contributed by atoms with E-state index < -0.39 is 23.4 Å². The minimum atomic E-state index is -2.13. The molecule has 0 aliphatic carbocycles. The molecule has 1 aromatic carbocycles. The average Bonchev–Trinajstić information content (AvgIpc) is 2.45. The highest BCUT2D eigenvalue weighted by Crippen LogP contribution is 2.15. The monoisotopic (exact) mass is 279 g/mol. The molecule has 5 nitrogen and oxygen atoms in total. The summed E-state index contributed by atoms with van der Waals surface area (Å²) in [5.41, 5.74) is -1.08. The normalized spacial score (nSPS) is 15.5. The number of esters is 1. The quantitative estimate of drug-likeness (QED) is 0.621. The van der Waals surface area contributed by atoms with Crippen LogP contribution in [0.1, 0.15) is 19.4 Å². The van der Waals surface area contributed by atoms with Gasteiger partial charge >= 0.3 is 5.97 Å². The molecule has 0 bridgehead atoms. The van der Waals surface area contributed by atoms with Crippen LogP contribution in [0.4, 0.5) is 0 Å². The zero-order chi connectivity index (χ0) is 15.3. The van der Waals surface area contributed by atoms with Crippen molar-refractivity contribution in [2.45, 2.75) is 32.0 Å². The van der Waals surface area contributed by atoms with E-state index in [1.165, 1.54) is 0 Å². The van der Waals surface area contributed by atoms with Gasteiger partial charge in [0.15, 0.2) is 5.78 Å². The Hall–Kier alpha value is -1.72. The van der Waals surface area contributed by atoms with Crippen LogP contribution in [0.2, 0.25) is 0 Å². The second-order valence-corrected chi connectivity index (χ2v) is 5.00. The van der Waals surface area contributed by atoms with Crippen LogP contribution in [0.25, 0.3) is 0 Å². The fourth-order valence-corrected chi connectivity index (χ4v) is 1.91. The third-order valence-electron chi connectivity index (χ3n) is 3.38. The molecule has 0 aromatic heterocycles. The van der Waals surface area contributed by atoms with Gasteiger partial charge in [0.05, 0.1) is 13.2 Å². The first kappa shape index (κ1) is 16.3. The van der Waals surface area contributed by atoms with Crippen molar-refractivity contribution >= 4 is 11.8 Å². The summed E-state index contributed by atoms with van der Waals surface area (Å²) in [7, 11) is 2.91. The molecule has 20 heavy (non-hydrogen) atoms. The number of benzene rings is 1. The summed E-state index contributed by atoms with van der Waals surface area (Å²) in [6.07, 6.45) is 0. The Kier molecular flexibility index (Phi) is 5.42. The van der Waals surface area contributed by atoms with Crippen molar-refractivity contribution < 1.29 is 19.4 Å². The Morgan fingerprint density at radius 1 is 1.35 bits per heavy atom. The van der Waals surface area contributed by atoms with E-state index >= 15 is 0 Å². The molecule has 1 N–H and O–H groups in total. The number of ether oxygens (including phenoxy) is 1. The molecule has 0 amide bonds. The van der Waals surface area contributed by atoms with Crippen LogP contribution in [0, 0.1) is 0 Å². The zero-order valence-corrected chi connectivity index (χ0v) is 12.3. The van der Waals surface area contributed by atoms with E-state index in [4.69, 9.17) is 0 Å². The van der Waals surface area contributed by atoms with E-state index in [0.29, 0.717) is 6.54 Å². The maximum Gasteiger partial charge on any atom is 0.345 e. The van der Waals surface area contributed by atoms with Gasteiger partial charge in [-0.3, -0.25) is 9.69 Å². The summed E-state index contributed by atoms with van der Waals surface area (Å²) >= 11 is 0. The number of carbonyl (C=O) groups is 2. The lowest BCUT2D eigenvalue weighted by molar-refractivity contribution is -0.168. The molecule has 0 saturated carbocycles. The maximum absolute atomic E-state index is 12.2. The molecular weight excluding hydrogens is 258 g/mol. The summed E-state index contributed by atoms with van der Waals surface area (Å²) in [5, 5.41) is 9.99. The maximum atomic E-state index is 12.2. The molecule has 0 saturated heterocycles. The first-order valence-electron chi connectivity index (χ1n) is 6.40. The average molecular weight is 279 g/mol. The van der Waals surface area contributed by atoms with Gasteiger partial charge in [-0.15, -0.1) is 0 Å². The third-order valence-corrected chi connectivity index (χ3v) is 3.38. The zero-order valence-electron chi connectivity index (χ0n) is 12.3. The SMILES string of the molecule is COC(=O)[C@@](C)(O)C(=O)[C@H](C)N(C)Cc1ccccc1. The van der Waals surface area contributed by atoms with Gasteiger partial charge in [-0.1, -0.05) is 30.3 Å². The highest BCUT2D eigenvalue weighted by atomic mass is 16.5. The van der Waals surface area contributed by atoms with Gasteiger partial charge in [-0.2, -0.15) is 0 Å². The molecule has 0 heterocycles. The molecule has 5 heteroatoms. The summed E-state index contributed by atoms with van der Waals surface area (Å²) in [5.74, 6) is -1.52. The minimum Gasteiger partial charge on any atom is -0.467 e. The van der Waals surface area contributed by atoms with E-state index in [2.05, 4.69) is 4.74 Å². The van der Waals surface area contributed by atoms with Crippen LogP contribution >= 0.6 is 0 Å². The predicted octanol–water partition coefficient (Wildman–Crippen LogP) is 1.000. The first-order chi connectivity index (χ1) is 9.30. The number of aliphatic hydroxyl groups is 1. The minimum absolute atomic E-state index is 0.547. The number of ketones is 1. The highest BCUT2D eigenvalue weighted by Gasteiger charge is 2.43. The van der Waals surface area contributed by atoms with Crippen LogP contribution in [-0.2, 0) is 20.9 Å². The summed E-state index contributed by atoms with van der Waals surface area (Å²) in [6, 6.07) is 9.04. The summed E-state index contributed by atoms with van der Waals surface area (Å²) in [6.45, 7) is 3.36. The van der Waals surface area contributed by atoms with E-state index in [1.807, 2.05) is 30.3 Å². The van der Waals surface area contributed by atoms with E-state index in [-0.39, 0.29) is 0 Å². The Labute approximate surface area is 119 Å². The lowest BCUT2D eigenvalue weighted by Crippen LogP contribution is -2.52. The number of nitrogens with zero attached hydrogens (tertiary/aromatic N) is 1. The van der Waals surface area contributed by atoms with E-state index in [1.54, 1.807) is 18.9 Å². The number of hydrogen-bond donors (Lipinski definition) is 1. The van der Waals surface area contributed by atoms with Crippen LogP contribution in [-0.4, -0.2) is 47.6 Å². The smallest absolute Gasteiger partial charge is 0.345 e. The van der Waals surface area contributed by atoms with Gasteiger partial charge in [-0.25, -0.2) is 4.79 Å². The fourth-order valence-electron chi connectivity index (χ4n) is 1.91. The molecule has 0 unspecified atom stereocenters. The Morgan fingerprint density at radius 2 is 1.90 bits per heavy atom. The van der Waals surface area contributed by atoms with Gasteiger partial charge in [0.2, 0.25) is 5.60 Å². The molecule has 110 valence electrons. The van der Waals surface area contributed by atoms with Gasteiger partial charge in [0, 0.05) is 6.54 Å². The number of rotatable bonds is 6. The Bertz CT molecular complexity index is 470. The molecule has 0 spiro atoms. The van der Waals surface area contributed by atoms with E-state index in [9.17, 15) is 14.7 Å². The van der Waals surface area contributed by atoms with Gasteiger partial charge < -0.3 is 9.84 Å². The Balaban J connectivity index is 2.76. The number of hydrogen-bond acceptors (Lipinski definition) is 5. The van der Waals surface area contributed by atoms with Crippen molar-refractivity contribution in [3.63, 3.8) is 0 Å². The molecule has 0 aliphatic rings. The molecule has 1 rings (SSSR count). The van der Waals surface area contributed by atoms with Crippen molar-refractivity contribution in [2.75, 3.05) is 14.2 Å². The second-order valence-electron chi connectivity index (χ2n) is 5.00. The van der Waals surface area contributed by atoms with Crippen molar-refractivity contribution in [3.8, 4) is 0 Å². The number of carbonyl (C=O) groups excluding carboxylic acids is 2. The molecule has 0 radical (unpaired) electrons. The second kappa shape index (κ2) is 6.63. The van der Waals surface area contributed by atoms with Crippen molar-refractivity contribution in [2.24, 2.45) is 0 Å². The van der Waals surface area contributed by atoms with Gasteiger partial charge in [-0.05, 0) is 26.5 Å². The highest BCUT2D eigenvalue weighted by molar-refractivity contribution is 6.08. The first-order valence-corrected chi connectivity index (χ1v) is 6.40. The van der Waals surface area contributed by atoms with Crippen molar-refractivity contribution in [3.05, 3.63) is 35.9 Å². The van der Waals surface area contributed by atoms with Crippen LogP contribution in [0.5, 0.6) is 0 Å². The van der Waals surface area contributed by atoms with Gasteiger partial charge in [0.25, 0.3) is 0 Å². The number of likely N-dealkylation sites (N-methyl/N-ethyl adjacent to an activating group) is 1. The summed E-state index contributed by atoms with van der Waals surface area (Å²) in [4.78, 5) is 25.4. The molecule has 1 aromatic rings. The molecule has 0 aliphatic heterocycles. The number of Topliss-reactive ketones (excluding diaryl/α,β-unsaturated/α-hetero) is 1. The predicted molar refractivity (Wildman–Crippen MR) is 75.0 cm³/mol. The van der Waals surface area contributed by atoms with Crippen LogP contribution < -0.4 is 0 Å². The van der Waals surface area contributed by atoms with E-state index in [0.717, 1.165) is 19.6 Å². The fraction of sp³-hybridized carbons (Fsp3) is 0.467. The third kappa shape index (κ3) is 3.65. The van der Waals surface area contributed by atoms with Crippen LogP contribution in [0.3, 0.4) is 0 Å². The molecule has 0 fully saturated rings. The van der Waals surface area contributed by atoms with Crippen molar-refractivity contribution in [1.29, 1.82) is 0 Å².